The summed E-state index contributed by atoms with van der Waals surface area (Å²) in [5.41, 5.74) is 5.29. The fraction of sp³-hybridized carbons (Fsp3) is 0.400. The van der Waals surface area contributed by atoms with Crippen LogP contribution in [0.3, 0.4) is 0 Å². The van der Waals surface area contributed by atoms with Gasteiger partial charge in [0.05, 0.1) is 10.6 Å². The Balaban J connectivity index is 2.89. The first-order valence-corrected chi connectivity index (χ1v) is 4.88. The van der Waals surface area contributed by atoms with Gasteiger partial charge in [0.2, 0.25) is 0 Å². The largest absolute Gasteiger partial charge is 0.417 e. The molecule has 0 aliphatic rings. The molecule has 0 unspecified atom stereocenters. The van der Waals surface area contributed by atoms with Gasteiger partial charge >= 0.3 is 6.18 Å². The molecule has 0 saturated heterocycles. The molecular formula is C10H11ClF3N. The van der Waals surface area contributed by atoms with Crippen LogP contribution in [0.4, 0.5) is 13.2 Å². The maximum Gasteiger partial charge on any atom is 0.417 e. The van der Waals surface area contributed by atoms with E-state index in [9.17, 15) is 13.2 Å². The van der Waals surface area contributed by atoms with Crippen LogP contribution >= 0.6 is 11.6 Å². The Morgan fingerprint density at radius 2 is 1.93 bits per heavy atom. The highest BCUT2D eigenvalue weighted by atomic mass is 35.5. The minimum absolute atomic E-state index is 0.253. The number of hydrogen-bond acceptors (Lipinski definition) is 1. The van der Waals surface area contributed by atoms with Gasteiger partial charge < -0.3 is 5.73 Å². The van der Waals surface area contributed by atoms with Crippen molar-refractivity contribution >= 4 is 11.6 Å². The second-order valence-electron chi connectivity index (χ2n) is 3.20. The molecule has 5 heteroatoms. The van der Waals surface area contributed by atoms with Crippen LogP contribution in [0.15, 0.2) is 18.2 Å². The average molecular weight is 238 g/mol. The highest BCUT2D eigenvalue weighted by Crippen LogP contribution is 2.34. The number of halogens is 4. The molecule has 0 saturated carbocycles. The smallest absolute Gasteiger partial charge is 0.330 e. The van der Waals surface area contributed by atoms with Crippen molar-refractivity contribution in [2.75, 3.05) is 6.54 Å². The lowest BCUT2D eigenvalue weighted by Crippen LogP contribution is -2.06. The fourth-order valence-corrected chi connectivity index (χ4v) is 1.56. The fourth-order valence-electron chi connectivity index (χ4n) is 1.25. The Bertz CT molecular complexity index is 336. The van der Waals surface area contributed by atoms with E-state index in [1.165, 1.54) is 12.1 Å². The predicted octanol–water partition coefficient (Wildman–Crippen LogP) is 3.25. The molecule has 0 bridgehead atoms. The lowest BCUT2D eigenvalue weighted by atomic mass is 10.1. The molecule has 0 atom stereocenters. The summed E-state index contributed by atoms with van der Waals surface area (Å²) in [7, 11) is 0. The van der Waals surface area contributed by atoms with Gasteiger partial charge in [-0.2, -0.15) is 13.2 Å². The third-order valence-electron chi connectivity index (χ3n) is 2.01. The summed E-state index contributed by atoms with van der Waals surface area (Å²) >= 11 is 5.54. The number of hydrogen-bond donors (Lipinski definition) is 1. The van der Waals surface area contributed by atoms with Crippen LogP contribution in [0, 0.1) is 0 Å². The topological polar surface area (TPSA) is 26.0 Å². The molecule has 1 aromatic rings. The van der Waals surface area contributed by atoms with E-state index in [0.717, 1.165) is 18.1 Å². The summed E-state index contributed by atoms with van der Waals surface area (Å²) in [5.74, 6) is 0. The zero-order valence-corrected chi connectivity index (χ0v) is 8.70. The summed E-state index contributed by atoms with van der Waals surface area (Å²) in [4.78, 5) is 0. The van der Waals surface area contributed by atoms with Crippen molar-refractivity contribution in [3.8, 4) is 0 Å². The Labute approximate surface area is 91.0 Å². The van der Waals surface area contributed by atoms with Gasteiger partial charge in [-0.1, -0.05) is 17.7 Å². The van der Waals surface area contributed by atoms with Crippen LogP contribution in [-0.4, -0.2) is 6.54 Å². The van der Waals surface area contributed by atoms with Gasteiger partial charge in [-0.3, -0.25) is 0 Å². The van der Waals surface area contributed by atoms with Gasteiger partial charge in [0, 0.05) is 0 Å². The maximum atomic E-state index is 12.3. The van der Waals surface area contributed by atoms with E-state index in [1.54, 1.807) is 0 Å². The van der Waals surface area contributed by atoms with E-state index in [-0.39, 0.29) is 5.02 Å². The molecule has 0 heterocycles. The monoisotopic (exact) mass is 237 g/mol. The van der Waals surface area contributed by atoms with Crippen molar-refractivity contribution in [3.05, 3.63) is 34.3 Å². The Kier molecular flexibility index (Phi) is 3.99. The molecule has 84 valence electrons. The Hall–Kier alpha value is -0.740. The number of nitrogens with two attached hydrogens (primary N) is 1. The normalized spacial score (nSPS) is 11.8. The number of aryl methyl sites for hydroxylation is 1. The third kappa shape index (κ3) is 3.39. The number of benzene rings is 1. The Morgan fingerprint density at radius 3 is 2.40 bits per heavy atom. The van der Waals surface area contributed by atoms with E-state index in [0.29, 0.717) is 13.0 Å². The van der Waals surface area contributed by atoms with Crippen LogP contribution in [0.1, 0.15) is 17.5 Å². The Morgan fingerprint density at radius 1 is 1.27 bits per heavy atom. The van der Waals surface area contributed by atoms with Gasteiger partial charge in [-0.15, -0.1) is 0 Å². The molecule has 0 amide bonds. The standard InChI is InChI=1S/C10H11ClF3N/c11-9-6-7(2-1-5-15)3-4-8(9)10(12,13)14/h3-4,6H,1-2,5,15H2. The molecule has 0 spiro atoms. The van der Waals surface area contributed by atoms with Crippen molar-refractivity contribution < 1.29 is 13.2 Å². The zero-order chi connectivity index (χ0) is 11.5. The average Bonchev–Trinajstić information content (AvgIpc) is 2.12. The van der Waals surface area contributed by atoms with Crippen molar-refractivity contribution in [2.45, 2.75) is 19.0 Å². The minimum Gasteiger partial charge on any atom is -0.330 e. The van der Waals surface area contributed by atoms with Crippen molar-refractivity contribution in [3.63, 3.8) is 0 Å². The van der Waals surface area contributed by atoms with E-state index in [1.807, 2.05) is 0 Å². The molecule has 0 aliphatic heterocycles. The maximum absolute atomic E-state index is 12.3. The molecular weight excluding hydrogens is 227 g/mol. The predicted molar refractivity (Wildman–Crippen MR) is 53.8 cm³/mol. The molecule has 0 radical (unpaired) electrons. The first-order valence-electron chi connectivity index (χ1n) is 4.51. The zero-order valence-electron chi connectivity index (χ0n) is 7.94. The summed E-state index contributed by atoms with van der Waals surface area (Å²) in [6.07, 6.45) is -3.00. The van der Waals surface area contributed by atoms with Gasteiger partial charge in [-0.05, 0) is 37.1 Å². The van der Waals surface area contributed by atoms with Crippen molar-refractivity contribution in [1.82, 2.24) is 0 Å². The van der Waals surface area contributed by atoms with E-state index >= 15 is 0 Å². The second kappa shape index (κ2) is 4.86. The van der Waals surface area contributed by atoms with Crippen LogP contribution < -0.4 is 5.73 Å². The van der Waals surface area contributed by atoms with E-state index in [2.05, 4.69) is 0 Å². The summed E-state index contributed by atoms with van der Waals surface area (Å²) in [6, 6.07) is 3.79. The molecule has 1 aromatic carbocycles. The molecule has 0 aromatic heterocycles. The molecule has 15 heavy (non-hydrogen) atoms. The van der Waals surface area contributed by atoms with Gasteiger partial charge in [0.25, 0.3) is 0 Å². The number of alkyl halides is 3. The highest BCUT2D eigenvalue weighted by molar-refractivity contribution is 6.31. The molecule has 2 N–H and O–H groups in total. The molecule has 1 nitrogen and oxygen atoms in total. The lowest BCUT2D eigenvalue weighted by molar-refractivity contribution is -0.137. The SMILES string of the molecule is NCCCc1ccc(C(F)(F)F)c(Cl)c1. The van der Waals surface area contributed by atoms with Gasteiger partial charge in [-0.25, -0.2) is 0 Å². The first kappa shape index (κ1) is 12.3. The third-order valence-corrected chi connectivity index (χ3v) is 2.32. The highest BCUT2D eigenvalue weighted by Gasteiger charge is 2.32. The van der Waals surface area contributed by atoms with E-state index in [4.69, 9.17) is 17.3 Å². The van der Waals surface area contributed by atoms with Crippen molar-refractivity contribution in [1.29, 1.82) is 0 Å². The van der Waals surface area contributed by atoms with E-state index < -0.39 is 11.7 Å². The summed E-state index contributed by atoms with van der Waals surface area (Å²) < 4.78 is 37.0. The lowest BCUT2D eigenvalue weighted by Gasteiger charge is -2.10. The summed E-state index contributed by atoms with van der Waals surface area (Å²) in [5, 5.41) is -0.253. The van der Waals surface area contributed by atoms with Crippen LogP contribution in [0.25, 0.3) is 0 Å². The molecule has 0 aliphatic carbocycles. The van der Waals surface area contributed by atoms with Gasteiger partial charge in [0.1, 0.15) is 0 Å². The second-order valence-corrected chi connectivity index (χ2v) is 3.61. The number of rotatable bonds is 3. The quantitative estimate of drug-likeness (QED) is 0.858. The first-order chi connectivity index (χ1) is 6.95. The van der Waals surface area contributed by atoms with Crippen LogP contribution in [0.5, 0.6) is 0 Å². The summed E-state index contributed by atoms with van der Waals surface area (Å²) in [6.45, 7) is 0.513. The van der Waals surface area contributed by atoms with Gasteiger partial charge in [0.15, 0.2) is 0 Å². The minimum atomic E-state index is -4.39. The van der Waals surface area contributed by atoms with Crippen LogP contribution in [-0.2, 0) is 12.6 Å². The molecule has 0 fully saturated rings. The van der Waals surface area contributed by atoms with Crippen molar-refractivity contribution in [2.24, 2.45) is 5.73 Å². The van der Waals surface area contributed by atoms with Crippen LogP contribution in [0.2, 0.25) is 5.02 Å². The molecule has 1 rings (SSSR count).